The van der Waals surface area contributed by atoms with E-state index in [9.17, 15) is 10.5 Å². The lowest BCUT2D eigenvalue weighted by Crippen LogP contribution is -1.94. The molecule has 40 heavy (non-hydrogen) atoms. The molecule has 196 valence electrons. The van der Waals surface area contributed by atoms with Crippen molar-refractivity contribution in [2.24, 2.45) is 8.73 Å². The van der Waals surface area contributed by atoms with E-state index in [1.165, 1.54) is 0 Å². The third-order valence-corrected chi connectivity index (χ3v) is 9.16. The quantitative estimate of drug-likeness (QED) is 0.137. The fourth-order valence-electron chi connectivity index (χ4n) is 4.62. The summed E-state index contributed by atoms with van der Waals surface area (Å²) in [6, 6.07) is 19.4. The first-order chi connectivity index (χ1) is 19.4. The van der Waals surface area contributed by atoms with Gasteiger partial charge in [0.1, 0.15) is 11.4 Å². The number of hydrogen-bond donors (Lipinski definition) is 2. The second-order valence-electron chi connectivity index (χ2n) is 8.88. The van der Waals surface area contributed by atoms with Gasteiger partial charge in [0.2, 0.25) is 0 Å². The normalized spacial score (nSPS) is 12.0. The minimum absolute atomic E-state index is 0.389. The van der Waals surface area contributed by atoms with Gasteiger partial charge >= 0.3 is 0 Å². The Morgan fingerprint density at radius 2 is 1.30 bits per heavy atom. The molecular weight excluding hydrogens is 575 g/mol. The van der Waals surface area contributed by atoms with E-state index in [1.807, 2.05) is 12.2 Å². The number of benzene rings is 2. The molecule has 0 bridgehead atoms. The summed E-state index contributed by atoms with van der Waals surface area (Å²) >= 11 is 12.9. The van der Waals surface area contributed by atoms with Gasteiger partial charge in [-0.1, -0.05) is 31.2 Å². The van der Waals surface area contributed by atoms with Crippen LogP contribution in [0.3, 0.4) is 0 Å². The lowest BCUT2D eigenvalue weighted by molar-refractivity contribution is 0.724. The van der Waals surface area contributed by atoms with E-state index in [1.54, 1.807) is 59.1 Å². The van der Waals surface area contributed by atoms with E-state index in [-0.39, 0.29) is 0 Å². The maximum Gasteiger partial charge on any atom is 0.100 e. The Morgan fingerprint density at radius 1 is 0.850 bits per heavy atom. The summed E-state index contributed by atoms with van der Waals surface area (Å²) in [6.45, 7) is 2.97. The number of thiophene rings is 2. The Balaban J connectivity index is 1.63. The third-order valence-electron chi connectivity index (χ3n) is 6.46. The molecule has 3 heterocycles. The van der Waals surface area contributed by atoms with E-state index < -0.39 is 0 Å². The second kappa shape index (κ2) is 11.5. The molecule has 7 nitrogen and oxygen atoms in total. The Labute approximate surface area is 249 Å². The molecule has 0 atom stereocenters. The van der Waals surface area contributed by atoms with E-state index in [0.717, 1.165) is 43.2 Å². The fraction of sp³-hybridized carbons (Fsp3) is 0.103. The van der Waals surface area contributed by atoms with Gasteiger partial charge in [0.25, 0.3) is 0 Å². The number of aryl methyl sites for hydroxylation is 1. The fourth-order valence-corrected chi connectivity index (χ4v) is 7.30. The molecule has 3 aromatic heterocycles. The van der Waals surface area contributed by atoms with Crippen LogP contribution in [0.15, 0.2) is 57.3 Å². The number of rotatable bonds is 8. The number of para-hydroxylation sites is 2. The Morgan fingerprint density at radius 3 is 1.68 bits per heavy atom. The van der Waals surface area contributed by atoms with Crippen LogP contribution in [0.4, 0.5) is 22.7 Å². The molecule has 4 N–H and O–H groups in total. The number of nitrogen functional groups attached to an aromatic ring is 2. The number of hydrogen-bond acceptors (Lipinski definition) is 10. The van der Waals surface area contributed by atoms with E-state index in [2.05, 4.69) is 44.5 Å². The third kappa shape index (κ3) is 4.81. The monoisotopic (exact) mass is 595 g/mol. The Kier molecular flexibility index (Phi) is 7.83. The second-order valence-corrected chi connectivity index (χ2v) is 11.4. The summed E-state index contributed by atoms with van der Waals surface area (Å²) in [5.74, 6) is 0. The van der Waals surface area contributed by atoms with E-state index in [0.29, 0.717) is 45.0 Å². The van der Waals surface area contributed by atoms with Crippen LogP contribution in [-0.2, 0) is 31.4 Å². The van der Waals surface area contributed by atoms with Crippen LogP contribution in [0.1, 0.15) is 34.2 Å². The summed E-state index contributed by atoms with van der Waals surface area (Å²) in [5, 5.41) is 19.9. The zero-order valence-corrected chi connectivity index (χ0v) is 24.5. The van der Waals surface area contributed by atoms with Crippen molar-refractivity contribution in [1.82, 2.24) is 4.57 Å². The molecule has 11 heteroatoms. The predicted molar refractivity (Wildman–Crippen MR) is 173 cm³/mol. The molecule has 0 amide bonds. The molecule has 0 saturated carbocycles. The van der Waals surface area contributed by atoms with Gasteiger partial charge in [-0.3, -0.25) is 0 Å². The molecule has 0 fully saturated rings. The minimum atomic E-state index is 0.389. The number of aromatic nitrogens is 1. The molecule has 0 spiro atoms. The highest BCUT2D eigenvalue weighted by Gasteiger charge is 2.18. The molecule has 0 radical (unpaired) electrons. The maximum absolute atomic E-state index is 9.94. The van der Waals surface area contributed by atoms with Crippen LogP contribution in [0.5, 0.6) is 0 Å². The van der Waals surface area contributed by atoms with Crippen molar-refractivity contribution in [3.8, 4) is 12.1 Å². The highest BCUT2D eigenvalue weighted by Crippen LogP contribution is 2.43. The molecule has 5 rings (SSSR count). The standard InChI is InChI=1S/C29H21N7S4/c1-2-9-36-24-12-18(10-16(14-30)20-5-3-7-22(34-37)26(20)32)39-28(24)29-25(36)13-19(40-29)11-17(15-31)21-6-4-8-23(35-38)27(21)33/h3-8,10-13H,2,9,32-33H2,1H3/b16-10+,17-11+. The average Bonchev–Trinajstić information content (AvgIpc) is 3.63. The molecular formula is C29H21N7S4. The van der Waals surface area contributed by atoms with Crippen LogP contribution in [-0.4, -0.2) is 4.57 Å². The van der Waals surface area contributed by atoms with Crippen LogP contribution >= 0.6 is 22.7 Å². The number of nitrogens with zero attached hydrogens (tertiary/aromatic N) is 5. The smallest absolute Gasteiger partial charge is 0.100 e. The van der Waals surface area contributed by atoms with Crippen molar-refractivity contribution in [2.45, 2.75) is 19.9 Å². The first-order valence-electron chi connectivity index (χ1n) is 12.2. The number of nitrogens with two attached hydrogens (primary N) is 2. The zero-order valence-electron chi connectivity index (χ0n) is 21.2. The van der Waals surface area contributed by atoms with Crippen molar-refractivity contribution < 1.29 is 0 Å². The Bertz CT molecular complexity index is 1820. The van der Waals surface area contributed by atoms with Crippen molar-refractivity contribution in [1.29, 1.82) is 10.5 Å². The topological polar surface area (TPSA) is 129 Å². The predicted octanol–water partition coefficient (Wildman–Crippen LogP) is 8.34. The lowest BCUT2D eigenvalue weighted by Gasteiger charge is -2.06. The number of anilines is 2. The first kappa shape index (κ1) is 27.3. The van der Waals surface area contributed by atoms with Gasteiger partial charge in [0.05, 0.1) is 55.1 Å². The van der Waals surface area contributed by atoms with Gasteiger partial charge in [-0.25, -0.2) is 0 Å². The largest absolute Gasteiger partial charge is 0.396 e. The SMILES string of the molecule is CCCn1c2cc(/C=C(\C#N)c3cccc(N=S)c3N)sc2c2sc(/C=C(\C#N)c3cccc(N=S)c3N)cc21. The summed E-state index contributed by atoms with van der Waals surface area (Å²) in [6.07, 6.45) is 4.66. The number of fused-ring (bicyclic) bond motifs is 3. The average molecular weight is 596 g/mol. The molecule has 2 aromatic carbocycles. The van der Waals surface area contributed by atoms with E-state index in [4.69, 9.17) is 36.3 Å². The van der Waals surface area contributed by atoms with Crippen LogP contribution in [0, 0.1) is 22.7 Å². The maximum atomic E-state index is 9.94. The van der Waals surface area contributed by atoms with Gasteiger partial charge in [-0.15, -0.1) is 22.7 Å². The summed E-state index contributed by atoms with van der Waals surface area (Å²) in [7, 11) is 0. The van der Waals surface area contributed by atoms with Crippen LogP contribution in [0.2, 0.25) is 0 Å². The summed E-state index contributed by atoms with van der Waals surface area (Å²) < 4.78 is 12.1. The molecule has 5 aromatic rings. The van der Waals surface area contributed by atoms with Gasteiger partial charge in [-0.2, -0.15) is 19.2 Å². The van der Waals surface area contributed by atoms with E-state index >= 15 is 0 Å². The van der Waals surface area contributed by atoms with Gasteiger partial charge in [0, 0.05) is 52.3 Å². The van der Waals surface area contributed by atoms with Crippen molar-refractivity contribution in [3.05, 3.63) is 69.4 Å². The molecule has 0 saturated heterocycles. The molecule has 0 aliphatic heterocycles. The molecule has 0 aliphatic rings. The highest BCUT2D eigenvalue weighted by atomic mass is 32.1. The minimum Gasteiger partial charge on any atom is -0.396 e. The molecule has 0 unspecified atom stereocenters. The summed E-state index contributed by atoms with van der Waals surface area (Å²) in [4.78, 5) is 1.88. The van der Waals surface area contributed by atoms with Gasteiger partial charge in [-0.05, 0) is 42.8 Å². The zero-order chi connectivity index (χ0) is 28.4. The van der Waals surface area contributed by atoms with Crippen LogP contribution in [0.25, 0.3) is 43.7 Å². The highest BCUT2D eigenvalue weighted by molar-refractivity contribution is 7.47. The first-order valence-corrected chi connectivity index (χ1v) is 14.5. The van der Waals surface area contributed by atoms with Crippen molar-refractivity contribution >= 4 is 114 Å². The molecule has 0 aliphatic carbocycles. The Hall–Kier alpha value is -4.26. The lowest BCUT2D eigenvalue weighted by atomic mass is 10.0. The van der Waals surface area contributed by atoms with Crippen LogP contribution < -0.4 is 11.5 Å². The van der Waals surface area contributed by atoms with Crippen molar-refractivity contribution in [2.75, 3.05) is 11.5 Å². The van der Waals surface area contributed by atoms with Gasteiger partial charge in [0.15, 0.2) is 0 Å². The summed E-state index contributed by atoms with van der Waals surface area (Å²) in [5.41, 5.74) is 18.5. The van der Waals surface area contributed by atoms with Gasteiger partial charge < -0.3 is 16.0 Å². The van der Waals surface area contributed by atoms with Crippen molar-refractivity contribution in [3.63, 3.8) is 0 Å². The number of allylic oxidation sites excluding steroid dienone is 2. The number of nitriles is 2.